The normalized spacial score (nSPS) is 27.5. The zero-order valence-electron chi connectivity index (χ0n) is 7.33. The van der Waals surface area contributed by atoms with Crippen molar-refractivity contribution in [3.63, 3.8) is 0 Å². The average molecular weight is 407 g/mol. The van der Waals surface area contributed by atoms with Crippen LogP contribution in [-0.4, -0.2) is 11.0 Å². The molecule has 2 aliphatic heterocycles. The molecule has 1 fully saturated rings. The van der Waals surface area contributed by atoms with Gasteiger partial charge in [0.1, 0.15) is 0 Å². The van der Waals surface area contributed by atoms with E-state index in [2.05, 4.69) is 26.2 Å². The Hall–Kier alpha value is 1.03. The summed E-state index contributed by atoms with van der Waals surface area (Å²) in [6, 6.07) is 1.32. The Bertz CT molecular complexity index is 328. The van der Waals surface area contributed by atoms with Crippen LogP contribution in [0.25, 0.3) is 0 Å². The van der Waals surface area contributed by atoms with E-state index in [-0.39, 0.29) is 34.0 Å². The van der Waals surface area contributed by atoms with Crippen molar-refractivity contribution in [1.29, 1.82) is 0 Å². The third-order valence-corrected chi connectivity index (χ3v) is 4.36. The van der Waals surface area contributed by atoms with Crippen molar-refractivity contribution in [2.75, 3.05) is 0 Å². The van der Waals surface area contributed by atoms with Crippen LogP contribution >= 0.6 is 61.2 Å². The minimum atomic E-state index is 0. The van der Waals surface area contributed by atoms with E-state index in [0.29, 0.717) is 12.1 Å². The second-order valence-corrected chi connectivity index (χ2v) is 5.78. The predicted molar refractivity (Wildman–Crippen MR) is 73.1 cm³/mol. The van der Waals surface area contributed by atoms with Gasteiger partial charge < -0.3 is 5.32 Å². The zero-order chi connectivity index (χ0) is 8.13. The van der Waals surface area contributed by atoms with Gasteiger partial charge in [-0.3, -0.25) is 0 Å². The fraction of sp³-hybridized carbons (Fsp3) is 0.625. The molecule has 0 amide bonds. The highest BCUT2D eigenvalue weighted by atomic mass is 79.9. The summed E-state index contributed by atoms with van der Waals surface area (Å²) in [4.78, 5) is 5.96. The first-order chi connectivity index (χ1) is 5.83. The van der Waals surface area contributed by atoms with Gasteiger partial charge in [-0.05, 0) is 28.8 Å². The van der Waals surface area contributed by atoms with Crippen molar-refractivity contribution in [3.05, 3.63) is 14.5 Å². The molecule has 0 aromatic carbocycles. The molecule has 1 N–H and O–H groups in total. The maximum atomic E-state index is 4.49. The van der Waals surface area contributed by atoms with Gasteiger partial charge in [-0.1, -0.05) is 0 Å². The number of fused-ring (bicyclic) bond motifs is 4. The number of thiazole rings is 1. The van der Waals surface area contributed by atoms with Gasteiger partial charge in [0.15, 0.2) is 3.92 Å². The van der Waals surface area contributed by atoms with Crippen molar-refractivity contribution >= 4 is 61.2 Å². The van der Waals surface area contributed by atoms with Gasteiger partial charge in [-0.2, -0.15) is 0 Å². The van der Waals surface area contributed by atoms with Crippen molar-refractivity contribution in [3.8, 4) is 0 Å². The molecule has 80 valence electrons. The van der Waals surface area contributed by atoms with Gasteiger partial charge in [0, 0.05) is 23.4 Å². The summed E-state index contributed by atoms with van der Waals surface area (Å²) in [5, 5.41) is 3.61. The lowest BCUT2D eigenvalue weighted by atomic mass is 10.1. The summed E-state index contributed by atoms with van der Waals surface area (Å²) in [6.07, 6.45) is 3.76. The summed E-state index contributed by atoms with van der Waals surface area (Å²) in [7, 11) is 0. The molecule has 0 radical (unpaired) electrons. The van der Waals surface area contributed by atoms with Crippen molar-refractivity contribution in [1.82, 2.24) is 10.3 Å². The number of hydrogen-bond acceptors (Lipinski definition) is 3. The Morgan fingerprint density at radius 1 is 1.36 bits per heavy atom. The predicted octanol–water partition coefficient (Wildman–Crippen LogP) is 3.41. The average Bonchev–Trinajstić information content (AvgIpc) is 2.57. The van der Waals surface area contributed by atoms with Gasteiger partial charge in [0.25, 0.3) is 0 Å². The summed E-state index contributed by atoms with van der Waals surface area (Å²) in [5.74, 6) is 0. The SMILES string of the molecule is Br.Br.Brc1nc2c(s1)C1CCC(C2)N1. The fourth-order valence-electron chi connectivity index (χ4n) is 2.17. The lowest BCUT2D eigenvalue weighted by Gasteiger charge is -2.19. The molecule has 14 heavy (non-hydrogen) atoms. The molecule has 0 saturated carbocycles. The Labute approximate surface area is 117 Å². The van der Waals surface area contributed by atoms with E-state index in [9.17, 15) is 0 Å². The van der Waals surface area contributed by atoms with Crippen molar-refractivity contribution < 1.29 is 0 Å². The molecule has 2 atom stereocenters. The molecule has 2 aliphatic rings. The molecule has 2 unspecified atom stereocenters. The van der Waals surface area contributed by atoms with Crippen molar-refractivity contribution in [2.24, 2.45) is 0 Å². The molecular weight excluding hydrogens is 396 g/mol. The highest BCUT2D eigenvalue weighted by Gasteiger charge is 2.34. The largest absolute Gasteiger partial charge is 0.306 e. The van der Waals surface area contributed by atoms with E-state index >= 15 is 0 Å². The molecule has 0 aliphatic carbocycles. The minimum Gasteiger partial charge on any atom is -0.306 e. The Balaban J connectivity index is 0.000000490. The molecule has 2 nitrogen and oxygen atoms in total. The molecule has 1 aromatic heterocycles. The monoisotopic (exact) mass is 404 g/mol. The van der Waals surface area contributed by atoms with Gasteiger partial charge in [0.05, 0.1) is 5.69 Å². The minimum absolute atomic E-state index is 0. The van der Waals surface area contributed by atoms with Crippen LogP contribution in [0, 0.1) is 0 Å². The first-order valence-electron chi connectivity index (χ1n) is 4.24. The zero-order valence-corrected chi connectivity index (χ0v) is 13.2. The van der Waals surface area contributed by atoms with E-state index in [4.69, 9.17) is 0 Å². The second kappa shape index (κ2) is 4.91. The number of halogens is 3. The highest BCUT2D eigenvalue weighted by Crippen LogP contribution is 2.40. The van der Waals surface area contributed by atoms with Gasteiger partial charge in [0.2, 0.25) is 0 Å². The lowest BCUT2D eigenvalue weighted by Crippen LogP contribution is -2.30. The highest BCUT2D eigenvalue weighted by molar-refractivity contribution is 9.11. The van der Waals surface area contributed by atoms with Crippen LogP contribution in [-0.2, 0) is 6.42 Å². The number of nitrogens with one attached hydrogen (secondary N) is 1. The third-order valence-electron chi connectivity index (χ3n) is 2.70. The number of rotatable bonds is 0. The topological polar surface area (TPSA) is 24.9 Å². The summed E-state index contributed by atoms with van der Waals surface area (Å²) in [6.45, 7) is 0. The number of aromatic nitrogens is 1. The van der Waals surface area contributed by atoms with E-state index in [0.717, 1.165) is 10.3 Å². The van der Waals surface area contributed by atoms with Crippen LogP contribution in [0.4, 0.5) is 0 Å². The van der Waals surface area contributed by atoms with E-state index in [1.54, 1.807) is 11.3 Å². The summed E-state index contributed by atoms with van der Waals surface area (Å²) >= 11 is 5.24. The quantitative estimate of drug-likeness (QED) is 0.714. The Morgan fingerprint density at radius 2 is 2.14 bits per heavy atom. The molecule has 3 rings (SSSR count). The molecular formula is C8H11Br3N2S. The van der Waals surface area contributed by atoms with E-state index in [1.807, 2.05) is 0 Å². The number of hydrogen-bond donors (Lipinski definition) is 1. The van der Waals surface area contributed by atoms with Gasteiger partial charge >= 0.3 is 0 Å². The third kappa shape index (κ3) is 2.09. The van der Waals surface area contributed by atoms with Gasteiger partial charge in [-0.15, -0.1) is 45.3 Å². The van der Waals surface area contributed by atoms with Crippen LogP contribution in [0.1, 0.15) is 29.5 Å². The van der Waals surface area contributed by atoms with Crippen LogP contribution in [0.5, 0.6) is 0 Å². The van der Waals surface area contributed by atoms with Crippen LogP contribution in [0.15, 0.2) is 3.92 Å². The van der Waals surface area contributed by atoms with Crippen LogP contribution < -0.4 is 5.32 Å². The van der Waals surface area contributed by atoms with Gasteiger partial charge in [-0.25, -0.2) is 4.98 Å². The van der Waals surface area contributed by atoms with E-state index < -0.39 is 0 Å². The number of nitrogens with zero attached hydrogens (tertiary/aromatic N) is 1. The Kier molecular flexibility index (Phi) is 4.59. The van der Waals surface area contributed by atoms with E-state index in [1.165, 1.54) is 23.4 Å². The standard InChI is InChI=1S/C8H9BrN2S.2BrH/c9-8-11-6-3-4-1-2-5(10-4)7(6)12-8;;/h4-5,10H,1-3H2;2*1H. The van der Waals surface area contributed by atoms with Crippen LogP contribution in [0.2, 0.25) is 0 Å². The maximum Gasteiger partial charge on any atom is 0.159 e. The molecule has 3 heterocycles. The lowest BCUT2D eigenvalue weighted by molar-refractivity contribution is 0.515. The smallest absolute Gasteiger partial charge is 0.159 e. The maximum absolute atomic E-state index is 4.49. The summed E-state index contributed by atoms with van der Waals surface area (Å²) in [5.41, 5.74) is 1.33. The first kappa shape index (κ1) is 13.1. The molecule has 6 heteroatoms. The molecule has 0 spiro atoms. The second-order valence-electron chi connectivity index (χ2n) is 3.48. The van der Waals surface area contributed by atoms with Crippen LogP contribution in [0.3, 0.4) is 0 Å². The van der Waals surface area contributed by atoms with Crippen molar-refractivity contribution in [2.45, 2.75) is 31.3 Å². The first-order valence-corrected chi connectivity index (χ1v) is 5.85. The Morgan fingerprint density at radius 3 is 2.93 bits per heavy atom. The fourth-order valence-corrected chi connectivity index (χ4v) is 3.82. The molecule has 1 saturated heterocycles. The molecule has 2 bridgehead atoms. The molecule has 1 aromatic rings. The summed E-state index contributed by atoms with van der Waals surface area (Å²) < 4.78 is 1.04.